The van der Waals surface area contributed by atoms with E-state index in [0.717, 1.165) is 22.6 Å². The summed E-state index contributed by atoms with van der Waals surface area (Å²) in [7, 11) is 3.18. The van der Waals surface area contributed by atoms with E-state index in [-0.39, 0.29) is 11.9 Å². The number of aryl methyl sites for hydroxylation is 1. The zero-order valence-corrected chi connectivity index (χ0v) is 15.6. The molecule has 0 aromatic heterocycles. The number of benzene rings is 2. The van der Waals surface area contributed by atoms with Crippen LogP contribution < -0.4 is 9.64 Å². The monoisotopic (exact) mass is 349 g/mol. The minimum absolute atomic E-state index is 0.121. The molecule has 0 unspecified atom stereocenters. The number of hydrogen-bond donors (Lipinski definition) is 0. The molecule has 1 fully saturated rings. The van der Waals surface area contributed by atoms with Crippen LogP contribution in [0.15, 0.2) is 66.4 Å². The van der Waals surface area contributed by atoms with Crippen LogP contribution in [0.2, 0.25) is 0 Å². The van der Waals surface area contributed by atoms with Crippen LogP contribution in [0, 0.1) is 6.92 Å². The number of anilines is 1. The van der Waals surface area contributed by atoms with Crippen molar-refractivity contribution in [2.45, 2.75) is 25.5 Å². The molecular formula is C22H23NO3. The molecule has 1 aliphatic heterocycles. The van der Waals surface area contributed by atoms with Crippen LogP contribution in [0.25, 0.3) is 0 Å². The number of ether oxygens (including phenoxy) is 2. The van der Waals surface area contributed by atoms with Gasteiger partial charge in [-0.05, 0) is 43.7 Å². The van der Waals surface area contributed by atoms with Crippen molar-refractivity contribution in [1.29, 1.82) is 0 Å². The minimum atomic E-state index is -1.09. The molecule has 1 saturated heterocycles. The summed E-state index contributed by atoms with van der Waals surface area (Å²) in [6.45, 7) is 7.60. The number of carbonyl (C=O) groups is 1. The lowest BCUT2D eigenvalue weighted by atomic mass is 9.73. The van der Waals surface area contributed by atoms with E-state index in [1.54, 1.807) is 19.1 Å². The number of β-lactam (4-membered cyclic amide) rings is 1. The van der Waals surface area contributed by atoms with Crippen molar-refractivity contribution >= 4 is 11.6 Å². The van der Waals surface area contributed by atoms with Crippen molar-refractivity contribution in [1.82, 2.24) is 0 Å². The van der Waals surface area contributed by atoms with Crippen LogP contribution in [0.4, 0.5) is 5.69 Å². The molecule has 1 amide bonds. The molecule has 4 heteroatoms. The smallest absolute Gasteiger partial charge is 0.267 e. The summed E-state index contributed by atoms with van der Waals surface area (Å²) in [4.78, 5) is 15.0. The second-order valence-electron chi connectivity index (χ2n) is 6.43. The van der Waals surface area contributed by atoms with Gasteiger partial charge in [0, 0.05) is 18.4 Å². The average Bonchev–Trinajstić information content (AvgIpc) is 2.68. The molecule has 2 aromatic rings. The number of nitrogens with zero attached hydrogens (tertiary/aromatic N) is 1. The van der Waals surface area contributed by atoms with E-state index >= 15 is 0 Å². The quantitative estimate of drug-likeness (QED) is 0.600. The van der Waals surface area contributed by atoms with Gasteiger partial charge < -0.3 is 9.47 Å². The topological polar surface area (TPSA) is 38.8 Å². The predicted octanol–water partition coefficient (Wildman–Crippen LogP) is 4.21. The maximum absolute atomic E-state index is 13.2. The molecular weight excluding hydrogens is 326 g/mol. The first-order chi connectivity index (χ1) is 12.5. The van der Waals surface area contributed by atoms with Gasteiger partial charge in [0.1, 0.15) is 11.8 Å². The third-order valence-corrected chi connectivity index (χ3v) is 5.07. The van der Waals surface area contributed by atoms with E-state index in [2.05, 4.69) is 12.3 Å². The SMILES string of the molecule is C=C=C(C)[C@]1(OC)C(=O)N(c2ccc(OC)cc2)[C@H]1c1ccc(C)cc1. The lowest BCUT2D eigenvalue weighted by Crippen LogP contribution is -2.70. The van der Waals surface area contributed by atoms with Crippen LogP contribution in [0.5, 0.6) is 5.75 Å². The number of hydrogen-bond acceptors (Lipinski definition) is 3. The third-order valence-electron chi connectivity index (χ3n) is 5.07. The summed E-state index contributed by atoms with van der Waals surface area (Å²) < 4.78 is 11.0. The zero-order valence-electron chi connectivity index (χ0n) is 15.6. The van der Waals surface area contributed by atoms with Crippen LogP contribution >= 0.6 is 0 Å². The van der Waals surface area contributed by atoms with Crippen molar-refractivity contribution in [3.05, 3.63) is 77.5 Å². The number of rotatable bonds is 5. The molecule has 1 aliphatic rings. The highest BCUT2D eigenvalue weighted by Crippen LogP contribution is 2.51. The van der Waals surface area contributed by atoms with Crippen molar-refractivity contribution < 1.29 is 14.3 Å². The number of amides is 1. The van der Waals surface area contributed by atoms with E-state index in [9.17, 15) is 4.79 Å². The van der Waals surface area contributed by atoms with E-state index < -0.39 is 5.60 Å². The molecule has 2 atom stereocenters. The standard InChI is InChI=1S/C22H23NO3/c1-6-16(3)22(26-5)20(17-9-7-15(2)8-10-17)23(21(22)24)18-11-13-19(25-4)14-12-18/h7-14,20H,1H2,2-5H3/t20-,22+/m0/s1. The minimum Gasteiger partial charge on any atom is -0.497 e. The predicted molar refractivity (Wildman–Crippen MR) is 102 cm³/mol. The van der Waals surface area contributed by atoms with Gasteiger partial charge in [-0.15, -0.1) is 5.73 Å². The molecule has 0 bridgehead atoms. The first-order valence-corrected chi connectivity index (χ1v) is 8.46. The first-order valence-electron chi connectivity index (χ1n) is 8.46. The van der Waals surface area contributed by atoms with E-state index in [0.29, 0.717) is 5.57 Å². The Balaban J connectivity index is 2.12. The van der Waals surface area contributed by atoms with Gasteiger partial charge in [0.05, 0.1) is 7.11 Å². The Kier molecular flexibility index (Phi) is 4.73. The summed E-state index contributed by atoms with van der Waals surface area (Å²) in [6.07, 6.45) is 0. The second-order valence-corrected chi connectivity index (χ2v) is 6.43. The van der Waals surface area contributed by atoms with Crippen LogP contribution in [-0.4, -0.2) is 25.7 Å². The third kappa shape index (κ3) is 2.55. The van der Waals surface area contributed by atoms with Gasteiger partial charge in [-0.3, -0.25) is 9.69 Å². The highest BCUT2D eigenvalue weighted by atomic mass is 16.5. The van der Waals surface area contributed by atoms with E-state index in [1.165, 1.54) is 0 Å². The van der Waals surface area contributed by atoms with Gasteiger partial charge in [-0.25, -0.2) is 0 Å². The van der Waals surface area contributed by atoms with E-state index in [4.69, 9.17) is 9.47 Å². The highest BCUT2D eigenvalue weighted by Gasteiger charge is 2.63. The van der Waals surface area contributed by atoms with Gasteiger partial charge in [-0.2, -0.15) is 0 Å². The Morgan fingerprint density at radius 2 is 1.73 bits per heavy atom. The lowest BCUT2D eigenvalue weighted by molar-refractivity contribution is -0.152. The molecule has 4 nitrogen and oxygen atoms in total. The Bertz CT molecular complexity index is 863. The maximum atomic E-state index is 13.2. The normalized spacial score (nSPS) is 21.8. The molecule has 0 spiro atoms. The molecule has 0 saturated carbocycles. The summed E-state index contributed by atoms with van der Waals surface area (Å²) in [5.41, 5.74) is 5.42. The molecule has 26 heavy (non-hydrogen) atoms. The highest BCUT2D eigenvalue weighted by molar-refractivity contribution is 6.10. The molecule has 0 aliphatic carbocycles. The summed E-state index contributed by atoms with van der Waals surface area (Å²) in [6, 6.07) is 15.3. The van der Waals surface area contributed by atoms with Crippen molar-refractivity contribution in [2.75, 3.05) is 19.1 Å². The fourth-order valence-corrected chi connectivity index (χ4v) is 3.52. The van der Waals surface area contributed by atoms with Crippen LogP contribution in [0.1, 0.15) is 24.1 Å². The molecule has 3 rings (SSSR count). The second kappa shape index (κ2) is 6.83. The fourth-order valence-electron chi connectivity index (χ4n) is 3.52. The molecule has 2 aromatic carbocycles. The average molecular weight is 349 g/mol. The lowest BCUT2D eigenvalue weighted by Gasteiger charge is -2.55. The first kappa shape index (κ1) is 18.0. The van der Waals surface area contributed by atoms with E-state index in [1.807, 2.05) is 62.4 Å². The van der Waals surface area contributed by atoms with Crippen molar-refractivity contribution in [2.24, 2.45) is 0 Å². The van der Waals surface area contributed by atoms with Gasteiger partial charge >= 0.3 is 0 Å². The maximum Gasteiger partial charge on any atom is 0.267 e. The summed E-state index contributed by atoms with van der Waals surface area (Å²) in [5.74, 6) is 0.623. The van der Waals surface area contributed by atoms with Gasteiger partial charge in [0.25, 0.3) is 5.91 Å². The van der Waals surface area contributed by atoms with Crippen LogP contribution in [-0.2, 0) is 9.53 Å². The molecule has 134 valence electrons. The zero-order chi connectivity index (χ0) is 18.9. The molecule has 1 heterocycles. The van der Waals surface area contributed by atoms with Crippen molar-refractivity contribution in [3.8, 4) is 5.75 Å². The van der Waals surface area contributed by atoms with Crippen molar-refractivity contribution in [3.63, 3.8) is 0 Å². The van der Waals surface area contributed by atoms with Gasteiger partial charge in [-0.1, -0.05) is 36.4 Å². The molecule has 0 N–H and O–H groups in total. The van der Waals surface area contributed by atoms with Gasteiger partial charge in [0.2, 0.25) is 0 Å². The van der Waals surface area contributed by atoms with Crippen LogP contribution in [0.3, 0.4) is 0 Å². The summed E-state index contributed by atoms with van der Waals surface area (Å²) in [5, 5.41) is 0. The Morgan fingerprint density at radius 1 is 1.12 bits per heavy atom. The Hall–Kier alpha value is -2.81. The summed E-state index contributed by atoms with van der Waals surface area (Å²) >= 11 is 0. The molecule has 0 radical (unpaired) electrons. The Labute approximate surface area is 154 Å². The number of methoxy groups -OCH3 is 2. The Morgan fingerprint density at radius 3 is 2.23 bits per heavy atom. The fraction of sp³-hybridized carbons (Fsp3) is 0.273. The number of carbonyl (C=O) groups excluding carboxylic acids is 1. The van der Waals surface area contributed by atoms with Gasteiger partial charge in [0.15, 0.2) is 5.60 Å². The largest absolute Gasteiger partial charge is 0.497 e.